The number of hydrogen-bond acceptors (Lipinski definition) is 13. The van der Waals surface area contributed by atoms with Gasteiger partial charge >= 0.3 is 18.3 Å². The number of benzene rings is 1. The highest BCUT2D eigenvalue weighted by Crippen LogP contribution is 2.45. The molecule has 4 aromatic rings. The number of esters is 1. The van der Waals surface area contributed by atoms with E-state index < -0.39 is 108 Å². The summed E-state index contributed by atoms with van der Waals surface area (Å²) in [5.41, 5.74) is 0.598. The SMILES string of the molecule is COC(C)c1ncc(N2CCN(CC(F)(F)F)CC2)cc1-c1c2c3cc(c(F)cc3n1CC(F)(F)F)-c1csc(n1)C[C@H](NC(=O)[C@H](C(C)C)N(C)C(=O)C1CCN(C(=O)C(F)Cl)C1)C(=O)N1CCCC(N1)C(=O)OCC(C)(C)C2. The first kappa shape index (κ1) is 60.4. The van der Waals surface area contributed by atoms with Crippen molar-refractivity contribution in [2.45, 2.75) is 115 Å². The minimum absolute atomic E-state index is 0.0147. The maximum Gasteiger partial charge on any atom is 0.406 e. The summed E-state index contributed by atoms with van der Waals surface area (Å²) >= 11 is 6.42. The van der Waals surface area contributed by atoms with E-state index in [0.717, 1.165) is 26.9 Å². The van der Waals surface area contributed by atoms with Gasteiger partial charge in [0.1, 0.15) is 30.5 Å². The Morgan fingerprint density at radius 3 is 2.34 bits per heavy atom. The molecule has 80 heavy (non-hydrogen) atoms. The number of piperazine rings is 1. The maximum absolute atomic E-state index is 17.0. The number of likely N-dealkylation sites (tertiary alicyclic amines) is 1. The third-order valence-corrected chi connectivity index (χ3v) is 16.2. The Morgan fingerprint density at radius 2 is 1.69 bits per heavy atom. The van der Waals surface area contributed by atoms with Crippen LogP contribution in [-0.4, -0.2) is 173 Å². The van der Waals surface area contributed by atoms with Crippen molar-refractivity contribution in [3.8, 4) is 22.5 Å². The summed E-state index contributed by atoms with van der Waals surface area (Å²) in [4.78, 5) is 84.3. The van der Waals surface area contributed by atoms with Gasteiger partial charge in [-0.15, -0.1) is 11.3 Å². The number of nitrogens with zero attached hydrogens (tertiary/aromatic N) is 8. The number of hydrazine groups is 1. The molecule has 8 rings (SSSR count). The van der Waals surface area contributed by atoms with Crippen LogP contribution in [0.4, 0.5) is 40.8 Å². The number of thiazole rings is 1. The molecule has 6 atom stereocenters. The molecule has 4 amide bonds. The fourth-order valence-corrected chi connectivity index (χ4v) is 12.1. The van der Waals surface area contributed by atoms with Crippen molar-refractivity contribution in [2.24, 2.45) is 17.3 Å². The standard InChI is InChI=1S/C53H65ClF8N10O7S/c1-28(2)43(67(6)47(74)30-10-12-70(23-30)49(76)45(54)56)46(73)65-38-20-41-64-39(24-80-41)33-18-32-35(21-51(4,5)27-79-50(77)37-9-8-11-72(66-37)48(38)75)44(71(26-53(60,61)62)40(32)19-36(33)55)34-17-31(22-63-42(34)29(3)78-7)69-15-13-68(14-16-69)25-52(57,58)59/h17-19,22,24,28-30,37-38,43,45,66H,8-16,20-21,23,25-27H2,1-7H3,(H,65,73)/t29?,30?,37?,38-,43-,45?/m0/s1. The number of nitrogens with one attached hydrogen (secondary N) is 2. The van der Waals surface area contributed by atoms with Gasteiger partial charge in [-0.25, -0.2) is 19.2 Å². The van der Waals surface area contributed by atoms with Gasteiger partial charge in [0.2, 0.25) is 11.8 Å². The number of ether oxygens (including phenoxy) is 2. The smallest absolute Gasteiger partial charge is 0.406 e. The first-order chi connectivity index (χ1) is 37.5. The van der Waals surface area contributed by atoms with Gasteiger partial charge in [-0.05, 0) is 62.3 Å². The molecule has 27 heteroatoms. The van der Waals surface area contributed by atoms with Crippen LogP contribution in [0.25, 0.3) is 33.4 Å². The Kier molecular flexibility index (Phi) is 18.1. The number of anilines is 1. The lowest BCUT2D eigenvalue weighted by Crippen LogP contribution is -2.62. The second-order valence-corrected chi connectivity index (χ2v) is 23.4. The van der Waals surface area contributed by atoms with E-state index in [9.17, 15) is 41.5 Å². The zero-order valence-corrected chi connectivity index (χ0v) is 46.9. The summed E-state index contributed by atoms with van der Waals surface area (Å²) < 4.78 is 129. The van der Waals surface area contributed by atoms with Crippen LogP contribution < -0.4 is 15.6 Å². The van der Waals surface area contributed by atoms with Crippen LogP contribution in [-0.2, 0) is 52.8 Å². The van der Waals surface area contributed by atoms with Crippen molar-refractivity contribution < 1.29 is 68.6 Å². The number of alkyl halides is 8. The molecule has 438 valence electrons. The van der Waals surface area contributed by atoms with Gasteiger partial charge in [-0.1, -0.05) is 39.3 Å². The maximum atomic E-state index is 17.0. The summed E-state index contributed by atoms with van der Waals surface area (Å²) in [5, 5.41) is 5.97. The van der Waals surface area contributed by atoms with Crippen molar-refractivity contribution in [2.75, 3.05) is 78.0 Å². The lowest BCUT2D eigenvalue weighted by molar-refractivity contribution is -0.155. The molecule has 0 saturated carbocycles. The molecule has 7 heterocycles. The Bertz CT molecular complexity index is 2970. The number of amides is 4. The van der Waals surface area contributed by atoms with Crippen molar-refractivity contribution in [3.05, 3.63) is 51.9 Å². The molecule has 17 nitrogen and oxygen atoms in total. The molecule has 3 fully saturated rings. The number of carbonyl (C=O) groups is 5. The molecule has 4 aliphatic heterocycles. The molecule has 0 spiro atoms. The third-order valence-electron chi connectivity index (χ3n) is 15.2. The van der Waals surface area contributed by atoms with E-state index in [2.05, 4.69) is 10.7 Å². The normalized spacial score (nSPS) is 21.8. The highest BCUT2D eigenvalue weighted by molar-refractivity contribution is 7.10. The zero-order valence-electron chi connectivity index (χ0n) is 45.3. The first-order valence-electron chi connectivity index (χ1n) is 26.3. The number of halogens is 9. The van der Waals surface area contributed by atoms with E-state index in [-0.39, 0.29) is 122 Å². The van der Waals surface area contributed by atoms with Gasteiger partial charge in [0.15, 0.2) is 0 Å². The molecule has 0 aliphatic carbocycles. The number of pyridine rings is 1. The van der Waals surface area contributed by atoms with Gasteiger partial charge in [0.05, 0.1) is 64.7 Å². The largest absolute Gasteiger partial charge is 0.464 e. The highest BCUT2D eigenvalue weighted by Gasteiger charge is 2.42. The molecule has 4 aliphatic rings. The lowest BCUT2D eigenvalue weighted by Gasteiger charge is -2.37. The van der Waals surface area contributed by atoms with Crippen LogP contribution in [0.1, 0.15) is 76.3 Å². The van der Waals surface area contributed by atoms with Crippen molar-refractivity contribution in [3.63, 3.8) is 0 Å². The lowest BCUT2D eigenvalue weighted by atomic mass is 9.84. The molecular formula is C53H65ClF8N10O7S. The zero-order chi connectivity index (χ0) is 58.3. The monoisotopic (exact) mass is 1170 g/mol. The highest BCUT2D eigenvalue weighted by atomic mass is 35.5. The van der Waals surface area contributed by atoms with E-state index in [1.165, 1.54) is 46.6 Å². The number of methoxy groups -OCH3 is 1. The average molecular weight is 1170 g/mol. The van der Waals surface area contributed by atoms with E-state index in [1.54, 1.807) is 45.6 Å². The molecule has 2 N–H and O–H groups in total. The Hall–Kier alpha value is -5.70. The van der Waals surface area contributed by atoms with E-state index in [0.29, 0.717) is 17.7 Å². The minimum atomic E-state index is -4.86. The summed E-state index contributed by atoms with van der Waals surface area (Å²) in [7, 11) is 2.82. The minimum Gasteiger partial charge on any atom is -0.464 e. The van der Waals surface area contributed by atoms with E-state index >= 15 is 17.6 Å². The Balaban J connectivity index is 1.22. The van der Waals surface area contributed by atoms with Gasteiger partial charge in [-0.3, -0.25) is 38.9 Å². The predicted octanol–water partition coefficient (Wildman–Crippen LogP) is 7.43. The molecule has 6 bridgehead atoms. The predicted molar refractivity (Wildman–Crippen MR) is 281 cm³/mol. The Morgan fingerprint density at radius 1 is 0.988 bits per heavy atom. The van der Waals surface area contributed by atoms with Crippen LogP contribution in [0.15, 0.2) is 29.8 Å². The molecular weight excluding hydrogens is 1110 g/mol. The topological polar surface area (TPSA) is 175 Å². The van der Waals surface area contributed by atoms with Crippen LogP contribution in [0.3, 0.4) is 0 Å². The molecule has 0 radical (unpaired) electrons. The fraction of sp³-hybridized carbons (Fsp3) is 0.604. The second-order valence-electron chi connectivity index (χ2n) is 22.1. The van der Waals surface area contributed by atoms with Crippen molar-refractivity contribution in [1.82, 2.24) is 45.0 Å². The number of rotatable bonds is 12. The molecule has 1 aromatic carbocycles. The van der Waals surface area contributed by atoms with Gasteiger partial charge in [0.25, 0.3) is 17.4 Å². The summed E-state index contributed by atoms with van der Waals surface area (Å²) in [6.45, 7) is 6.01. The quantitative estimate of drug-likeness (QED) is 0.0817. The molecule has 4 unspecified atom stereocenters. The average Bonchev–Trinajstić information content (AvgIpc) is 4.34. The Labute approximate surface area is 466 Å². The first-order valence-corrected chi connectivity index (χ1v) is 27.7. The fourth-order valence-electron chi connectivity index (χ4n) is 11.2. The van der Waals surface area contributed by atoms with Crippen LogP contribution in [0, 0.1) is 23.1 Å². The van der Waals surface area contributed by atoms with Crippen molar-refractivity contribution >= 4 is 69.1 Å². The van der Waals surface area contributed by atoms with E-state index in [4.69, 9.17) is 31.0 Å². The van der Waals surface area contributed by atoms with Gasteiger partial charge < -0.3 is 34.1 Å². The summed E-state index contributed by atoms with van der Waals surface area (Å²) in [5.74, 6) is -5.86. The van der Waals surface area contributed by atoms with Crippen molar-refractivity contribution in [1.29, 1.82) is 0 Å². The number of cyclic esters (lactones) is 1. The van der Waals surface area contributed by atoms with Gasteiger partial charge in [0, 0.05) is 93.7 Å². The number of fused-ring (bicyclic) bond motifs is 6. The van der Waals surface area contributed by atoms with Crippen LogP contribution >= 0.6 is 22.9 Å². The summed E-state index contributed by atoms with van der Waals surface area (Å²) in [6, 6.07) is 0.418. The number of carbonyl (C=O) groups excluding carboxylic acids is 5. The third kappa shape index (κ3) is 13.6. The van der Waals surface area contributed by atoms with Crippen LogP contribution in [0.2, 0.25) is 0 Å². The number of hydrogen-bond donors (Lipinski definition) is 2. The molecule has 3 saturated heterocycles. The number of aromatic nitrogens is 3. The van der Waals surface area contributed by atoms with E-state index in [1.807, 2.05) is 0 Å². The number of likely N-dealkylation sites (N-methyl/N-ethyl adjacent to an activating group) is 1. The molecule has 3 aromatic heterocycles. The summed E-state index contributed by atoms with van der Waals surface area (Å²) in [6.07, 6.45) is -8.17. The van der Waals surface area contributed by atoms with Gasteiger partial charge in [-0.2, -0.15) is 26.3 Å². The second kappa shape index (κ2) is 24.0. The van der Waals surface area contributed by atoms with Crippen LogP contribution in [0.5, 0.6) is 0 Å².